The van der Waals surface area contributed by atoms with E-state index >= 15 is 0 Å². The minimum atomic E-state index is 0.345. The molecule has 6 nitrogen and oxygen atoms in total. The van der Waals surface area contributed by atoms with Crippen LogP contribution < -0.4 is 11.1 Å². The second-order valence-electron chi connectivity index (χ2n) is 11.7. The molecule has 3 N–H and O–H groups in total. The van der Waals surface area contributed by atoms with Crippen LogP contribution in [0.15, 0.2) is 42.9 Å². The Morgan fingerprint density at radius 1 is 1.00 bits per heavy atom. The van der Waals surface area contributed by atoms with E-state index in [0.717, 1.165) is 40.7 Å². The van der Waals surface area contributed by atoms with E-state index in [-0.39, 0.29) is 0 Å². The SMILES string of the molecule is Cc1ccc(C2CCC(C)(C)CN2)cc1-c1c(-c2nc(N)c3c(C4CCC4)cncc3n2)ccnc1C. The van der Waals surface area contributed by atoms with Crippen LogP contribution in [0.5, 0.6) is 0 Å². The van der Waals surface area contributed by atoms with Crippen LogP contribution in [0.25, 0.3) is 33.4 Å². The van der Waals surface area contributed by atoms with E-state index in [4.69, 9.17) is 15.7 Å². The molecule has 3 aromatic heterocycles. The molecule has 1 saturated heterocycles. The molecule has 4 heterocycles. The number of benzene rings is 1. The van der Waals surface area contributed by atoms with Crippen LogP contribution in [0.2, 0.25) is 0 Å². The number of aryl methyl sites for hydroxylation is 2. The van der Waals surface area contributed by atoms with Gasteiger partial charge in [-0.1, -0.05) is 32.4 Å². The Bertz CT molecular complexity index is 1480. The number of piperidine rings is 1. The lowest BCUT2D eigenvalue weighted by Crippen LogP contribution is -2.38. The summed E-state index contributed by atoms with van der Waals surface area (Å²) in [6.45, 7) is 9.92. The van der Waals surface area contributed by atoms with Crippen molar-refractivity contribution in [3.63, 3.8) is 0 Å². The molecular formula is C31H36N6. The van der Waals surface area contributed by atoms with Crippen molar-refractivity contribution in [1.82, 2.24) is 25.3 Å². The Morgan fingerprint density at radius 3 is 2.57 bits per heavy atom. The molecule has 0 spiro atoms. The van der Waals surface area contributed by atoms with Crippen LogP contribution in [0.1, 0.15) is 80.3 Å². The zero-order valence-corrected chi connectivity index (χ0v) is 22.3. The van der Waals surface area contributed by atoms with Gasteiger partial charge in [-0.15, -0.1) is 0 Å². The third-order valence-corrected chi connectivity index (χ3v) is 8.46. The van der Waals surface area contributed by atoms with E-state index < -0.39 is 0 Å². The lowest BCUT2D eigenvalue weighted by molar-refractivity contribution is 0.224. The number of nitrogen functional groups attached to an aromatic ring is 1. The van der Waals surface area contributed by atoms with Crippen molar-refractivity contribution in [2.75, 3.05) is 12.3 Å². The Morgan fingerprint density at radius 2 is 1.84 bits per heavy atom. The zero-order chi connectivity index (χ0) is 25.7. The predicted molar refractivity (Wildman–Crippen MR) is 150 cm³/mol. The van der Waals surface area contributed by atoms with Crippen LogP contribution in [-0.2, 0) is 0 Å². The summed E-state index contributed by atoms with van der Waals surface area (Å²) in [6, 6.07) is 9.20. The summed E-state index contributed by atoms with van der Waals surface area (Å²) in [4.78, 5) is 19.0. The molecule has 0 bridgehead atoms. The average Bonchev–Trinajstić information content (AvgIpc) is 2.83. The first-order valence-electron chi connectivity index (χ1n) is 13.5. The number of nitrogens with two attached hydrogens (primary N) is 1. The van der Waals surface area contributed by atoms with Gasteiger partial charge in [0, 0.05) is 47.2 Å². The number of anilines is 1. The molecule has 0 amide bonds. The van der Waals surface area contributed by atoms with Gasteiger partial charge in [-0.25, -0.2) is 9.97 Å². The maximum absolute atomic E-state index is 6.61. The number of nitrogens with one attached hydrogen (secondary N) is 1. The quantitative estimate of drug-likeness (QED) is 0.331. The lowest BCUT2D eigenvalue weighted by atomic mass is 9.79. The van der Waals surface area contributed by atoms with Crippen molar-refractivity contribution in [3.05, 3.63) is 65.2 Å². The van der Waals surface area contributed by atoms with Crippen LogP contribution >= 0.6 is 0 Å². The maximum Gasteiger partial charge on any atom is 0.162 e. The monoisotopic (exact) mass is 492 g/mol. The van der Waals surface area contributed by atoms with Crippen molar-refractivity contribution in [2.24, 2.45) is 5.41 Å². The Balaban J connectivity index is 1.46. The number of hydrogen-bond donors (Lipinski definition) is 2. The van der Waals surface area contributed by atoms with E-state index in [1.807, 2.05) is 24.7 Å². The molecule has 0 radical (unpaired) electrons. The summed E-state index contributed by atoms with van der Waals surface area (Å²) in [6.07, 6.45) is 11.6. The molecule has 2 fully saturated rings. The highest BCUT2D eigenvalue weighted by Crippen LogP contribution is 2.42. The van der Waals surface area contributed by atoms with Crippen molar-refractivity contribution in [1.29, 1.82) is 0 Å². The van der Waals surface area contributed by atoms with Crippen molar-refractivity contribution >= 4 is 16.7 Å². The van der Waals surface area contributed by atoms with Crippen molar-refractivity contribution in [2.45, 2.75) is 71.8 Å². The minimum Gasteiger partial charge on any atom is -0.383 e. The third-order valence-electron chi connectivity index (χ3n) is 8.46. The van der Waals surface area contributed by atoms with Gasteiger partial charge in [0.1, 0.15) is 5.82 Å². The molecule has 1 aliphatic carbocycles. The highest BCUT2D eigenvalue weighted by Gasteiger charge is 2.28. The van der Waals surface area contributed by atoms with Gasteiger partial charge in [0.25, 0.3) is 0 Å². The summed E-state index contributed by atoms with van der Waals surface area (Å²) in [7, 11) is 0. The fourth-order valence-electron chi connectivity index (χ4n) is 5.92. The summed E-state index contributed by atoms with van der Waals surface area (Å²) in [5, 5.41) is 4.73. The first kappa shape index (κ1) is 24.0. The third kappa shape index (κ3) is 4.37. The van der Waals surface area contributed by atoms with Gasteiger partial charge in [0.15, 0.2) is 5.82 Å². The van der Waals surface area contributed by atoms with Gasteiger partial charge >= 0.3 is 0 Å². The molecule has 1 saturated carbocycles. The van der Waals surface area contributed by atoms with Gasteiger partial charge in [-0.2, -0.15) is 0 Å². The highest BCUT2D eigenvalue weighted by molar-refractivity contribution is 5.94. The number of pyridine rings is 2. The van der Waals surface area contributed by atoms with Crippen molar-refractivity contribution in [3.8, 4) is 22.5 Å². The average molecular weight is 493 g/mol. The first-order valence-corrected chi connectivity index (χ1v) is 13.5. The van der Waals surface area contributed by atoms with Crippen LogP contribution in [0, 0.1) is 19.3 Å². The van der Waals surface area contributed by atoms with Crippen LogP contribution in [0.4, 0.5) is 5.82 Å². The molecule has 1 unspecified atom stereocenters. The second kappa shape index (κ2) is 9.18. The van der Waals surface area contributed by atoms with E-state index in [1.54, 1.807) is 0 Å². The number of fused-ring (bicyclic) bond motifs is 1. The highest BCUT2D eigenvalue weighted by atomic mass is 15.0. The van der Waals surface area contributed by atoms with E-state index in [1.165, 1.54) is 47.9 Å². The number of nitrogens with zero attached hydrogens (tertiary/aromatic N) is 4. The smallest absolute Gasteiger partial charge is 0.162 e. The predicted octanol–water partition coefficient (Wildman–Crippen LogP) is 6.67. The van der Waals surface area contributed by atoms with Crippen LogP contribution in [-0.4, -0.2) is 26.5 Å². The Labute approximate surface area is 219 Å². The molecule has 4 aromatic rings. The molecule has 1 aliphatic heterocycles. The topological polar surface area (TPSA) is 89.6 Å². The fourth-order valence-corrected chi connectivity index (χ4v) is 5.92. The summed E-state index contributed by atoms with van der Waals surface area (Å²) in [5.74, 6) is 1.67. The number of rotatable bonds is 4. The normalized spacial score (nSPS) is 19.6. The van der Waals surface area contributed by atoms with Gasteiger partial charge in [-0.3, -0.25) is 9.97 Å². The Hall–Kier alpha value is -3.38. The van der Waals surface area contributed by atoms with E-state index in [2.05, 4.69) is 61.2 Å². The zero-order valence-electron chi connectivity index (χ0n) is 22.3. The van der Waals surface area contributed by atoms with E-state index in [9.17, 15) is 0 Å². The van der Waals surface area contributed by atoms with Crippen LogP contribution in [0.3, 0.4) is 0 Å². The molecule has 2 aliphatic rings. The van der Waals surface area contributed by atoms with Gasteiger partial charge in [0.05, 0.1) is 11.7 Å². The summed E-state index contributed by atoms with van der Waals surface area (Å²) >= 11 is 0. The Kier molecular flexibility index (Phi) is 5.95. The molecular weight excluding hydrogens is 456 g/mol. The molecule has 6 heteroatoms. The molecule has 37 heavy (non-hydrogen) atoms. The first-order chi connectivity index (χ1) is 17.8. The van der Waals surface area contributed by atoms with Gasteiger partial charge in [0.2, 0.25) is 0 Å². The molecule has 190 valence electrons. The molecule has 6 rings (SSSR count). The van der Waals surface area contributed by atoms with E-state index in [0.29, 0.717) is 29.0 Å². The minimum absolute atomic E-state index is 0.345. The summed E-state index contributed by atoms with van der Waals surface area (Å²) in [5.41, 5.74) is 15.6. The standard InChI is InChI=1S/C31H36N6/c1-18-8-9-21(25-10-12-31(3,4)17-35-25)14-23(18)27-19(2)34-13-11-22(27)30-36-26-16-33-15-24(20-6-5-7-20)28(26)29(32)37-30/h8-9,11,13-16,20,25,35H,5-7,10,12,17H2,1-4H3,(H2,32,36,37). The van der Waals surface area contributed by atoms with Gasteiger partial charge < -0.3 is 11.1 Å². The maximum atomic E-state index is 6.61. The summed E-state index contributed by atoms with van der Waals surface area (Å²) < 4.78 is 0. The molecule has 1 atom stereocenters. The number of aromatic nitrogens is 4. The molecule has 1 aromatic carbocycles. The lowest BCUT2D eigenvalue weighted by Gasteiger charge is -2.36. The van der Waals surface area contributed by atoms with Gasteiger partial charge in [-0.05, 0) is 85.3 Å². The number of hydrogen-bond acceptors (Lipinski definition) is 6. The van der Waals surface area contributed by atoms with Crippen molar-refractivity contribution < 1.29 is 0 Å². The second-order valence-corrected chi connectivity index (χ2v) is 11.7. The largest absolute Gasteiger partial charge is 0.383 e. The fraction of sp³-hybridized carbons (Fsp3) is 0.419.